The summed E-state index contributed by atoms with van der Waals surface area (Å²) in [4.78, 5) is 84.2. The van der Waals surface area contributed by atoms with E-state index in [-0.39, 0.29) is 48.3 Å². The Kier molecular flexibility index (Phi) is 79.3. The van der Waals surface area contributed by atoms with E-state index in [1.165, 1.54) is 257 Å². The zero-order chi connectivity index (χ0) is 79.0. The van der Waals surface area contributed by atoms with Crippen molar-refractivity contribution in [1.29, 1.82) is 0 Å². The molecule has 0 rings (SSSR count). The van der Waals surface area contributed by atoms with Crippen LogP contribution in [0.3, 0.4) is 0 Å². The molecule has 0 aliphatic carbocycles. The summed E-state index contributed by atoms with van der Waals surface area (Å²) in [5.74, 6) is 0.579. The van der Waals surface area contributed by atoms with Gasteiger partial charge in [0.15, 0.2) is 0 Å². The van der Waals surface area contributed by atoms with Crippen molar-refractivity contribution in [2.24, 2.45) is 5.41 Å². The number of unbranched alkanes of at least 4 members (excludes halogenated alkanes) is 47. The third kappa shape index (κ3) is 74.2. The van der Waals surface area contributed by atoms with E-state index in [1.54, 1.807) is 0 Å². The molecule has 0 aromatic heterocycles. The molecule has 0 bridgehead atoms. The Balaban J connectivity index is 5.50. The van der Waals surface area contributed by atoms with Gasteiger partial charge in [0.25, 0.3) is 0 Å². The predicted molar refractivity (Wildman–Crippen MR) is 466 cm³/mol. The highest BCUT2D eigenvalue weighted by Crippen LogP contribution is 2.25. The fourth-order valence-corrected chi connectivity index (χ4v) is 15.4. The van der Waals surface area contributed by atoms with Crippen LogP contribution in [-0.2, 0) is 28.8 Å². The number of amides is 6. The molecular weight excluding hydrogens is 1340 g/mol. The quantitative estimate of drug-likeness (QED) is 0.0326. The zero-order valence-corrected chi connectivity index (χ0v) is 73.4. The molecule has 0 atom stereocenters. The van der Waals surface area contributed by atoms with Gasteiger partial charge in [0.2, 0.25) is 35.4 Å². The SMILES string of the molecule is CCCCCCCCCCCNC(=O)CCCCCN(CCCCCCCC(=O)NC(CCCCCCCC)CCCCCCCC)CCNC(=O)CCC(=O)NCCN(CCCCCCCC(=O)NC(CCCCCCCC)CCCCCCCC)CCCCC(C)(C)C(=O)NCCCCCCCCCCC. The molecule has 0 saturated carbocycles. The maximum Gasteiger partial charge on any atom is 0.225 e. The van der Waals surface area contributed by atoms with Crippen LogP contribution < -0.4 is 31.9 Å². The molecule has 638 valence electrons. The van der Waals surface area contributed by atoms with Crippen molar-refractivity contribution in [3.8, 4) is 0 Å². The maximum absolute atomic E-state index is 13.4. The summed E-state index contributed by atoms with van der Waals surface area (Å²) in [6.07, 6.45) is 76.3. The van der Waals surface area contributed by atoms with Crippen molar-refractivity contribution in [2.45, 2.75) is 498 Å². The van der Waals surface area contributed by atoms with Crippen LogP contribution in [0, 0.1) is 5.41 Å². The molecule has 14 nitrogen and oxygen atoms in total. The van der Waals surface area contributed by atoms with Crippen molar-refractivity contribution in [2.75, 3.05) is 65.4 Å². The van der Waals surface area contributed by atoms with E-state index in [9.17, 15) is 28.8 Å². The van der Waals surface area contributed by atoms with E-state index < -0.39 is 5.41 Å². The number of hydrogen-bond acceptors (Lipinski definition) is 8. The van der Waals surface area contributed by atoms with Crippen LogP contribution in [0.25, 0.3) is 0 Å². The number of nitrogens with one attached hydrogen (secondary N) is 6. The van der Waals surface area contributed by atoms with Crippen molar-refractivity contribution < 1.29 is 28.8 Å². The minimum atomic E-state index is -0.428. The molecule has 0 fully saturated rings. The summed E-state index contributed by atoms with van der Waals surface area (Å²) in [7, 11) is 0. The van der Waals surface area contributed by atoms with Crippen molar-refractivity contribution in [3.05, 3.63) is 0 Å². The zero-order valence-electron chi connectivity index (χ0n) is 73.4. The lowest BCUT2D eigenvalue weighted by Gasteiger charge is -2.26. The number of hydrogen-bond donors (Lipinski definition) is 6. The summed E-state index contributed by atoms with van der Waals surface area (Å²) in [6.45, 7) is 25.5. The standard InChI is InChI=1S/C94H186N8O6/c1-9-15-21-27-33-35-37-47-60-76-95-88(103)70-58-51-64-82-101(80-62-49-39-45-56-71-91(106)99-86(66-52-41-29-23-17-11-3)67-53-42-30-24-18-12-4)84-78-96-89(104)73-74-90(105)97-79-85-102(83-65-59-75-94(7,8)93(108)98-77-61-48-38-36-34-28-22-16-10-2)81-63-50-40-46-57-72-92(107)100-87(68-54-43-31-25-19-13-5)69-55-44-32-26-20-14-6/h86-87H,9-85H2,1-8H3,(H,95,103)(H,96,104)(H,97,105)(H,98,108)(H,99,106)(H,100,107). The van der Waals surface area contributed by atoms with E-state index in [4.69, 9.17) is 0 Å². The van der Waals surface area contributed by atoms with Crippen LogP contribution in [0.5, 0.6) is 0 Å². The smallest absolute Gasteiger partial charge is 0.225 e. The molecule has 0 heterocycles. The fourth-order valence-electron chi connectivity index (χ4n) is 15.4. The highest BCUT2D eigenvalue weighted by molar-refractivity contribution is 5.83. The topological polar surface area (TPSA) is 181 Å². The van der Waals surface area contributed by atoms with Gasteiger partial charge in [-0.05, 0) is 116 Å². The largest absolute Gasteiger partial charge is 0.356 e. The molecule has 6 N–H and O–H groups in total. The highest BCUT2D eigenvalue weighted by atomic mass is 16.2. The van der Waals surface area contributed by atoms with E-state index in [0.717, 1.165) is 194 Å². The lowest BCUT2D eigenvalue weighted by Crippen LogP contribution is -2.38. The summed E-state index contributed by atoms with van der Waals surface area (Å²) in [5, 5.41) is 19.6. The van der Waals surface area contributed by atoms with Crippen LogP contribution in [0.1, 0.15) is 486 Å². The van der Waals surface area contributed by atoms with Gasteiger partial charge in [0.05, 0.1) is 0 Å². The normalized spacial score (nSPS) is 11.8. The van der Waals surface area contributed by atoms with Crippen LogP contribution >= 0.6 is 0 Å². The summed E-state index contributed by atoms with van der Waals surface area (Å²) in [5.41, 5.74) is -0.428. The molecule has 0 unspecified atom stereocenters. The van der Waals surface area contributed by atoms with E-state index in [2.05, 4.69) is 97.1 Å². The van der Waals surface area contributed by atoms with Gasteiger partial charge in [-0.1, -0.05) is 364 Å². The van der Waals surface area contributed by atoms with Gasteiger partial charge in [0.1, 0.15) is 0 Å². The van der Waals surface area contributed by atoms with Gasteiger partial charge < -0.3 is 41.7 Å². The van der Waals surface area contributed by atoms with Gasteiger partial charge in [0, 0.05) is 88.9 Å². The molecule has 108 heavy (non-hydrogen) atoms. The highest BCUT2D eigenvalue weighted by Gasteiger charge is 2.27. The minimum absolute atomic E-state index is 0.0998. The Bertz CT molecular complexity index is 1960. The molecule has 0 saturated heterocycles. The Labute approximate surface area is 670 Å². The second kappa shape index (κ2) is 81.7. The van der Waals surface area contributed by atoms with Gasteiger partial charge in [-0.25, -0.2) is 0 Å². The first kappa shape index (κ1) is 105. The Morgan fingerprint density at radius 1 is 0.231 bits per heavy atom. The third-order valence-electron chi connectivity index (χ3n) is 22.9. The summed E-state index contributed by atoms with van der Waals surface area (Å²) < 4.78 is 0. The van der Waals surface area contributed by atoms with E-state index in [1.807, 2.05) is 0 Å². The first-order valence-corrected chi connectivity index (χ1v) is 47.9. The minimum Gasteiger partial charge on any atom is -0.356 e. The second-order valence-corrected chi connectivity index (χ2v) is 34.1. The van der Waals surface area contributed by atoms with Crippen molar-refractivity contribution >= 4 is 35.4 Å². The predicted octanol–water partition coefficient (Wildman–Crippen LogP) is 24.3. The number of nitrogens with zero attached hydrogens (tertiary/aromatic N) is 2. The maximum atomic E-state index is 13.4. The van der Waals surface area contributed by atoms with E-state index in [0.29, 0.717) is 44.4 Å². The average molecular weight is 1520 g/mol. The first-order valence-electron chi connectivity index (χ1n) is 47.9. The molecule has 0 radical (unpaired) electrons. The lowest BCUT2D eigenvalue weighted by molar-refractivity contribution is -0.130. The Morgan fingerprint density at radius 2 is 0.463 bits per heavy atom. The summed E-state index contributed by atoms with van der Waals surface area (Å²) >= 11 is 0. The van der Waals surface area contributed by atoms with Gasteiger partial charge in [-0.3, -0.25) is 28.8 Å². The summed E-state index contributed by atoms with van der Waals surface area (Å²) in [6, 6.07) is 0.619. The first-order chi connectivity index (χ1) is 52.7. The molecule has 6 amide bonds. The molecule has 0 aliphatic rings. The monoisotopic (exact) mass is 1520 g/mol. The molecule has 0 aliphatic heterocycles. The van der Waals surface area contributed by atoms with Gasteiger partial charge in [-0.15, -0.1) is 0 Å². The fraction of sp³-hybridized carbons (Fsp3) is 0.936. The van der Waals surface area contributed by atoms with Crippen LogP contribution in [0.2, 0.25) is 0 Å². The molecule has 0 aromatic rings. The Morgan fingerprint density at radius 3 is 0.787 bits per heavy atom. The van der Waals surface area contributed by atoms with Crippen LogP contribution in [0.4, 0.5) is 0 Å². The molecule has 0 aromatic carbocycles. The van der Waals surface area contributed by atoms with E-state index >= 15 is 0 Å². The third-order valence-corrected chi connectivity index (χ3v) is 22.9. The number of carbonyl (C=O) groups excluding carboxylic acids is 6. The molecular formula is C94H186N8O6. The molecule has 0 spiro atoms. The lowest BCUT2D eigenvalue weighted by atomic mass is 9.86. The number of rotatable bonds is 87. The van der Waals surface area contributed by atoms with Gasteiger partial charge >= 0.3 is 0 Å². The van der Waals surface area contributed by atoms with Crippen molar-refractivity contribution in [3.63, 3.8) is 0 Å². The average Bonchev–Trinajstić information content (AvgIpc) is 0.887. The van der Waals surface area contributed by atoms with Crippen LogP contribution in [0.15, 0.2) is 0 Å². The second-order valence-electron chi connectivity index (χ2n) is 34.1. The van der Waals surface area contributed by atoms with Crippen LogP contribution in [-0.4, -0.2) is 123 Å². The Hall–Kier alpha value is -3.26. The van der Waals surface area contributed by atoms with Gasteiger partial charge in [-0.2, -0.15) is 0 Å². The number of carbonyl (C=O) groups is 6. The van der Waals surface area contributed by atoms with Crippen molar-refractivity contribution in [1.82, 2.24) is 41.7 Å². The molecule has 14 heteroatoms.